The van der Waals surface area contributed by atoms with Crippen LogP contribution in [0.15, 0.2) is 66.7 Å². The maximum Gasteiger partial charge on any atom is 0.305 e. The van der Waals surface area contributed by atoms with Crippen molar-refractivity contribution >= 4 is 17.6 Å². The summed E-state index contributed by atoms with van der Waals surface area (Å²) in [5.41, 5.74) is 0.872. The lowest BCUT2D eigenvalue weighted by molar-refractivity contribution is -0.204. The summed E-state index contributed by atoms with van der Waals surface area (Å²) in [5.74, 6) is 0.465. The number of carbonyl (C=O) groups is 1. The fraction of sp³-hybridized carbons (Fsp3) is 0.348. The van der Waals surface area contributed by atoms with Gasteiger partial charge in [0.15, 0.2) is 6.29 Å². The van der Waals surface area contributed by atoms with E-state index in [0.717, 1.165) is 12.0 Å². The van der Waals surface area contributed by atoms with Crippen LogP contribution in [0.1, 0.15) is 31.1 Å². The van der Waals surface area contributed by atoms with E-state index in [1.165, 1.54) is 7.11 Å². The Bertz CT molecular complexity index is 755. The number of esters is 1. The topological polar surface area (TPSA) is 65.0 Å². The van der Waals surface area contributed by atoms with Crippen LogP contribution in [0.25, 0.3) is 0 Å². The Morgan fingerprint density at radius 1 is 1.10 bits per heavy atom. The summed E-state index contributed by atoms with van der Waals surface area (Å²) in [6.07, 6.45) is 5.67. The van der Waals surface area contributed by atoms with E-state index in [9.17, 15) is 4.79 Å². The predicted octanol–water partition coefficient (Wildman–Crippen LogP) is 5.29. The van der Waals surface area contributed by atoms with Crippen LogP contribution in [-0.4, -0.2) is 31.4 Å². The molecule has 2 aromatic carbocycles. The Balaban J connectivity index is 0.000000360. The number of aromatic hydroxyl groups is 1. The molecule has 0 saturated carbocycles. The smallest absolute Gasteiger partial charge is 0.305 e. The SMILES string of the molecule is COC(=O)CC/C=C\CC1COC(c2ccccc2Cl)OC1.Oc1ccccc1. The van der Waals surface area contributed by atoms with Gasteiger partial charge in [-0.1, -0.05) is 60.2 Å². The minimum atomic E-state index is -0.381. The number of benzene rings is 2. The number of methoxy groups -OCH3 is 1. The minimum Gasteiger partial charge on any atom is -0.508 e. The van der Waals surface area contributed by atoms with Gasteiger partial charge in [-0.25, -0.2) is 0 Å². The van der Waals surface area contributed by atoms with Crippen molar-refractivity contribution < 1.29 is 24.1 Å². The fourth-order valence-corrected chi connectivity index (χ4v) is 2.89. The summed E-state index contributed by atoms with van der Waals surface area (Å²) in [6.45, 7) is 1.27. The average molecular weight is 419 g/mol. The third kappa shape index (κ3) is 8.69. The number of carbonyl (C=O) groups excluding carboxylic acids is 1. The van der Waals surface area contributed by atoms with Crippen molar-refractivity contribution in [3.8, 4) is 5.75 Å². The van der Waals surface area contributed by atoms with E-state index in [1.54, 1.807) is 24.3 Å². The van der Waals surface area contributed by atoms with Gasteiger partial charge in [0.2, 0.25) is 0 Å². The molecule has 1 heterocycles. The van der Waals surface area contributed by atoms with Gasteiger partial charge in [-0.3, -0.25) is 4.79 Å². The molecular weight excluding hydrogens is 392 g/mol. The maximum absolute atomic E-state index is 11.0. The first-order valence-corrected chi connectivity index (χ1v) is 9.91. The monoisotopic (exact) mass is 418 g/mol. The third-order valence-electron chi connectivity index (χ3n) is 4.26. The quantitative estimate of drug-likeness (QED) is 0.509. The molecular formula is C23H27ClO5. The molecule has 1 aliphatic rings. The van der Waals surface area contributed by atoms with Gasteiger partial charge in [-0.05, 0) is 31.0 Å². The third-order valence-corrected chi connectivity index (χ3v) is 4.61. The van der Waals surface area contributed by atoms with Crippen LogP contribution in [0, 0.1) is 5.92 Å². The van der Waals surface area contributed by atoms with E-state index in [4.69, 9.17) is 26.2 Å². The number of phenols is 1. The Hall–Kier alpha value is -2.34. The van der Waals surface area contributed by atoms with Crippen molar-refractivity contribution in [2.24, 2.45) is 5.92 Å². The molecule has 5 nitrogen and oxygen atoms in total. The maximum atomic E-state index is 11.0. The van der Waals surface area contributed by atoms with Crippen molar-refractivity contribution in [2.45, 2.75) is 25.6 Å². The van der Waals surface area contributed by atoms with Gasteiger partial charge in [0.1, 0.15) is 5.75 Å². The van der Waals surface area contributed by atoms with Crippen LogP contribution in [0.4, 0.5) is 0 Å². The van der Waals surface area contributed by atoms with Crippen molar-refractivity contribution in [1.82, 2.24) is 0 Å². The average Bonchev–Trinajstić information content (AvgIpc) is 2.75. The molecule has 0 unspecified atom stereocenters. The zero-order chi connectivity index (χ0) is 20.9. The van der Waals surface area contributed by atoms with Crippen molar-refractivity contribution in [3.05, 3.63) is 77.3 Å². The lowest BCUT2D eigenvalue weighted by atomic mass is 10.1. The number of para-hydroxylation sites is 1. The zero-order valence-corrected chi connectivity index (χ0v) is 17.3. The van der Waals surface area contributed by atoms with Crippen molar-refractivity contribution in [3.63, 3.8) is 0 Å². The molecule has 1 aliphatic heterocycles. The van der Waals surface area contributed by atoms with Gasteiger partial charge in [0, 0.05) is 22.9 Å². The molecule has 1 N–H and O–H groups in total. The lowest BCUT2D eigenvalue weighted by Crippen LogP contribution is -2.26. The highest BCUT2D eigenvalue weighted by atomic mass is 35.5. The fourth-order valence-electron chi connectivity index (χ4n) is 2.66. The molecule has 0 bridgehead atoms. The molecule has 0 radical (unpaired) electrons. The van der Waals surface area contributed by atoms with Crippen molar-refractivity contribution in [2.75, 3.05) is 20.3 Å². The number of hydrogen-bond donors (Lipinski definition) is 1. The van der Waals surface area contributed by atoms with E-state index in [1.807, 2.05) is 36.4 Å². The van der Waals surface area contributed by atoms with Gasteiger partial charge in [0.05, 0.1) is 20.3 Å². The van der Waals surface area contributed by atoms with E-state index in [2.05, 4.69) is 10.8 Å². The second kappa shape index (κ2) is 13.0. The first kappa shape index (κ1) is 22.9. The molecule has 0 amide bonds. The molecule has 1 saturated heterocycles. The van der Waals surface area contributed by atoms with Crippen LogP contribution in [0.5, 0.6) is 5.75 Å². The molecule has 2 aromatic rings. The molecule has 6 heteroatoms. The number of halogens is 1. The summed E-state index contributed by atoms with van der Waals surface area (Å²) in [6, 6.07) is 16.3. The molecule has 1 fully saturated rings. The van der Waals surface area contributed by atoms with E-state index >= 15 is 0 Å². The number of allylic oxidation sites excluding steroid dienone is 2. The second-order valence-corrected chi connectivity index (χ2v) is 6.95. The first-order valence-electron chi connectivity index (χ1n) is 9.53. The predicted molar refractivity (Wildman–Crippen MR) is 113 cm³/mol. The Morgan fingerprint density at radius 3 is 2.34 bits per heavy atom. The van der Waals surface area contributed by atoms with Crippen LogP contribution in [0.3, 0.4) is 0 Å². The molecule has 156 valence electrons. The van der Waals surface area contributed by atoms with Gasteiger partial charge in [-0.15, -0.1) is 0 Å². The molecule has 0 atom stereocenters. The normalized spacial score (nSPS) is 18.7. The molecule has 0 spiro atoms. The lowest BCUT2D eigenvalue weighted by Gasteiger charge is -2.29. The largest absolute Gasteiger partial charge is 0.508 e. The zero-order valence-electron chi connectivity index (χ0n) is 16.5. The van der Waals surface area contributed by atoms with Crippen molar-refractivity contribution in [1.29, 1.82) is 0 Å². The summed E-state index contributed by atoms with van der Waals surface area (Å²) in [5, 5.41) is 9.29. The second-order valence-electron chi connectivity index (χ2n) is 6.54. The first-order chi connectivity index (χ1) is 14.1. The van der Waals surface area contributed by atoms with Crippen LogP contribution < -0.4 is 0 Å². The van der Waals surface area contributed by atoms with E-state index in [-0.39, 0.29) is 12.3 Å². The van der Waals surface area contributed by atoms with Crippen LogP contribution >= 0.6 is 11.6 Å². The summed E-state index contributed by atoms with van der Waals surface area (Å²) < 4.78 is 16.1. The van der Waals surface area contributed by atoms with Gasteiger partial charge in [0.25, 0.3) is 0 Å². The highest BCUT2D eigenvalue weighted by Crippen LogP contribution is 2.30. The number of hydrogen-bond acceptors (Lipinski definition) is 5. The van der Waals surface area contributed by atoms with Crippen LogP contribution in [-0.2, 0) is 19.0 Å². The van der Waals surface area contributed by atoms with Gasteiger partial charge in [-0.2, -0.15) is 0 Å². The van der Waals surface area contributed by atoms with E-state index in [0.29, 0.717) is 42.7 Å². The van der Waals surface area contributed by atoms with Gasteiger partial charge >= 0.3 is 5.97 Å². The molecule has 29 heavy (non-hydrogen) atoms. The highest BCUT2D eigenvalue weighted by Gasteiger charge is 2.24. The van der Waals surface area contributed by atoms with E-state index < -0.39 is 0 Å². The summed E-state index contributed by atoms with van der Waals surface area (Å²) >= 11 is 6.14. The Labute approximate surface area is 176 Å². The van der Waals surface area contributed by atoms with Gasteiger partial charge < -0.3 is 19.3 Å². The number of phenolic OH excluding ortho intramolecular Hbond substituents is 1. The highest BCUT2D eigenvalue weighted by molar-refractivity contribution is 6.31. The number of ether oxygens (including phenoxy) is 3. The Kier molecular flexibility index (Phi) is 10.3. The summed E-state index contributed by atoms with van der Waals surface area (Å²) in [7, 11) is 1.40. The molecule has 3 rings (SSSR count). The summed E-state index contributed by atoms with van der Waals surface area (Å²) in [4.78, 5) is 11.0. The standard InChI is InChI=1S/C17H21ClO4.C6H6O/c1-20-16(19)10-4-2-3-7-13-11-21-17(22-12-13)14-8-5-6-9-15(14)18;7-6-4-2-1-3-5-6/h2-3,5-6,8-9,13,17H,4,7,10-12H2,1H3;1-5,7H/b3-2-;. The molecule has 0 aliphatic carbocycles. The Morgan fingerprint density at radius 2 is 1.76 bits per heavy atom. The molecule has 0 aromatic heterocycles. The van der Waals surface area contributed by atoms with Crippen LogP contribution in [0.2, 0.25) is 5.02 Å². The minimum absolute atomic E-state index is 0.184. The number of rotatable bonds is 6.